The van der Waals surface area contributed by atoms with E-state index in [0.29, 0.717) is 45.0 Å². The predicted molar refractivity (Wildman–Crippen MR) is 99.8 cm³/mol. The number of benzene rings is 1. The number of carbonyl (C=O) groups is 1. The fourth-order valence-corrected chi connectivity index (χ4v) is 4.79. The number of anilines is 1. The standard InChI is InChI=1S/C19H20N2O5S/c22-19(6-3-16-2-1-11-26-16)21-8-7-15-14-17(4-5-18(15)21)27(23,24)20-9-12-25-13-10-20/h1-6,11,14H,7-10,12-13H2/b6-3+. The van der Waals surface area contributed by atoms with Gasteiger partial charge in [-0.15, -0.1) is 0 Å². The normalized spacial score (nSPS) is 18.1. The van der Waals surface area contributed by atoms with Gasteiger partial charge in [-0.25, -0.2) is 8.42 Å². The Labute approximate surface area is 157 Å². The number of amides is 1. The van der Waals surface area contributed by atoms with Crippen LogP contribution in [0.25, 0.3) is 6.08 Å². The summed E-state index contributed by atoms with van der Waals surface area (Å²) in [6.45, 7) is 2.07. The van der Waals surface area contributed by atoms with Crippen LogP contribution in [-0.4, -0.2) is 51.5 Å². The molecule has 0 atom stereocenters. The van der Waals surface area contributed by atoms with E-state index >= 15 is 0 Å². The highest BCUT2D eigenvalue weighted by atomic mass is 32.2. The van der Waals surface area contributed by atoms with Crippen LogP contribution in [0, 0.1) is 0 Å². The van der Waals surface area contributed by atoms with Crippen molar-refractivity contribution in [3.63, 3.8) is 0 Å². The average molecular weight is 388 g/mol. The summed E-state index contributed by atoms with van der Waals surface area (Å²) >= 11 is 0. The van der Waals surface area contributed by atoms with Crippen LogP contribution in [-0.2, 0) is 26.0 Å². The second-order valence-electron chi connectivity index (χ2n) is 6.40. The van der Waals surface area contributed by atoms with Gasteiger partial charge in [0.05, 0.1) is 24.4 Å². The number of morpholine rings is 1. The molecule has 0 saturated carbocycles. The molecule has 1 fully saturated rings. The van der Waals surface area contributed by atoms with Crippen LogP contribution in [0.3, 0.4) is 0 Å². The highest BCUT2D eigenvalue weighted by Gasteiger charge is 2.29. The fourth-order valence-electron chi connectivity index (χ4n) is 3.33. The van der Waals surface area contributed by atoms with Crippen LogP contribution in [0.1, 0.15) is 11.3 Å². The van der Waals surface area contributed by atoms with Crippen molar-refractivity contribution in [2.45, 2.75) is 11.3 Å². The van der Waals surface area contributed by atoms with Gasteiger partial charge in [-0.1, -0.05) is 0 Å². The van der Waals surface area contributed by atoms with Gasteiger partial charge in [0.25, 0.3) is 5.91 Å². The van der Waals surface area contributed by atoms with Gasteiger partial charge in [-0.3, -0.25) is 4.79 Å². The molecule has 1 aromatic heterocycles. The molecule has 0 unspecified atom stereocenters. The smallest absolute Gasteiger partial charge is 0.251 e. The third kappa shape index (κ3) is 3.55. The topological polar surface area (TPSA) is 80.1 Å². The van der Waals surface area contributed by atoms with Crippen LogP contribution in [0.15, 0.2) is 52.0 Å². The number of sulfonamides is 1. The van der Waals surface area contributed by atoms with Crippen molar-refractivity contribution in [3.8, 4) is 0 Å². The molecule has 142 valence electrons. The molecular formula is C19H20N2O5S. The van der Waals surface area contributed by atoms with Gasteiger partial charge in [0.2, 0.25) is 10.0 Å². The fraction of sp³-hybridized carbons (Fsp3) is 0.316. The van der Waals surface area contributed by atoms with Gasteiger partial charge in [-0.2, -0.15) is 4.31 Å². The SMILES string of the molecule is O=C(/C=C/c1ccco1)N1CCc2cc(S(=O)(=O)N3CCOCC3)ccc21. The highest BCUT2D eigenvalue weighted by molar-refractivity contribution is 7.89. The van der Waals surface area contributed by atoms with E-state index in [0.717, 1.165) is 11.3 Å². The molecule has 7 nitrogen and oxygen atoms in total. The Balaban J connectivity index is 1.54. The van der Waals surface area contributed by atoms with E-state index in [1.54, 1.807) is 47.6 Å². The summed E-state index contributed by atoms with van der Waals surface area (Å²) in [6.07, 6.45) is 5.26. The van der Waals surface area contributed by atoms with Crippen molar-refractivity contribution in [2.75, 3.05) is 37.7 Å². The van der Waals surface area contributed by atoms with Crippen molar-refractivity contribution in [2.24, 2.45) is 0 Å². The van der Waals surface area contributed by atoms with Gasteiger partial charge >= 0.3 is 0 Å². The minimum absolute atomic E-state index is 0.158. The number of hydrogen-bond donors (Lipinski definition) is 0. The molecule has 0 N–H and O–H groups in total. The predicted octanol–water partition coefficient (Wildman–Crippen LogP) is 1.90. The number of carbonyl (C=O) groups excluding carboxylic acids is 1. The van der Waals surface area contributed by atoms with E-state index in [1.165, 1.54) is 10.4 Å². The molecule has 27 heavy (non-hydrogen) atoms. The Kier molecular flexibility index (Phi) is 4.86. The first-order valence-corrected chi connectivity index (χ1v) is 10.2. The third-order valence-corrected chi connectivity index (χ3v) is 6.65. The van der Waals surface area contributed by atoms with Crippen molar-refractivity contribution < 1.29 is 22.4 Å². The van der Waals surface area contributed by atoms with Crippen LogP contribution in [0.2, 0.25) is 0 Å². The monoisotopic (exact) mass is 388 g/mol. The molecule has 0 bridgehead atoms. The molecule has 3 heterocycles. The summed E-state index contributed by atoms with van der Waals surface area (Å²) in [5.74, 6) is 0.448. The zero-order valence-electron chi connectivity index (χ0n) is 14.7. The van der Waals surface area contributed by atoms with E-state index in [2.05, 4.69) is 0 Å². The van der Waals surface area contributed by atoms with E-state index in [4.69, 9.17) is 9.15 Å². The molecule has 0 spiro atoms. The number of fused-ring (bicyclic) bond motifs is 1. The number of nitrogens with zero attached hydrogens (tertiary/aromatic N) is 2. The minimum Gasteiger partial charge on any atom is -0.465 e. The Morgan fingerprint density at radius 3 is 2.67 bits per heavy atom. The van der Waals surface area contributed by atoms with E-state index in [1.807, 2.05) is 0 Å². The zero-order valence-corrected chi connectivity index (χ0v) is 15.5. The maximum absolute atomic E-state index is 12.8. The molecule has 0 aliphatic carbocycles. The lowest BCUT2D eigenvalue weighted by molar-refractivity contribution is -0.114. The first-order valence-electron chi connectivity index (χ1n) is 8.79. The van der Waals surface area contributed by atoms with Crippen molar-refractivity contribution in [1.29, 1.82) is 0 Å². The summed E-state index contributed by atoms with van der Waals surface area (Å²) in [7, 11) is -3.54. The first-order chi connectivity index (χ1) is 13.1. The Morgan fingerprint density at radius 2 is 1.93 bits per heavy atom. The second kappa shape index (κ2) is 7.30. The molecule has 2 aromatic rings. The molecule has 1 saturated heterocycles. The largest absolute Gasteiger partial charge is 0.465 e. The number of furan rings is 1. The number of rotatable bonds is 4. The van der Waals surface area contributed by atoms with Gasteiger partial charge in [0.15, 0.2) is 0 Å². The van der Waals surface area contributed by atoms with Crippen molar-refractivity contribution in [3.05, 3.63) is 54.0 Å². The summed E-state index contributed by atoms with van der Waals surface area (Å²) in [4.78, 5) is 14.4. The van der Waals surface area contributed by atoms with E-state index in [-0.39, 0.29) is 10.8 Å². The quantitative estimate of drug-likeness (QED) is 0.748. The van der Waals surface area contributed by atoms with Crippen molar-refractivity contribution >= 4 is 27.7 Å². The zero-order chi connectivity index (χ0) is 18.9. The van der Waals surface area contributed by atoms with Crippen LogP contribution in [0.5, 0.6) is 0 Å². The molecule has 1 amide bonds. The van der Waals surface area contributed by atoms with Crippen LogP contribution < -0.4 is 4.90 Å². The maximum atomic E-state index is 12.8. The summed E-state index contributed by atoms with van der Waals surface area (Å²) in [5.41, 5.74) is 1.62. The van der Waals surface area contributed by atoms with Gasteiger partial charge in [-0.05, 0) is 48.4 Å². The molecule has 4 rings (SSSR count). The summed E-state index contributed by atoms with van der Waals surface area (Å²) in [6, 6.07) is 8.50. The van der Waals surface area contributed by atoms with Gasteiger partial charge in [0.1, 0.15) is 5.76 Å². The van der Waals surface area contributed by atoms with Crippen molar-refractivity contribution in [1.82, 2.24) is 4.31 Å². The number of hydrogen-bond acceptors (Lipinski definition) is 5. The first kappa shape index (κ1) is 18.0. The Morgan fingerprint density at radius 1 is 1.11 bits per heavy atom. The lowest BCUT2D eigenvalue weighted by Crippen LogP contribution is -2.40. The molecule has 1 aromatic carbocycles. The van der Waals surface area contributed by atoms with Crippen LogP contribution in [0.4, 0.5) is 5.69 Å². The summed E-state index contributed by atoms with van der Waals surface area (Å²) < 4.78 is 37.5. The van der Waals surface area contributed by atoms with Gasteiger partial charge in [0, 0.05) is 31.4 Å². The van der Waals surface area contributed by atoms with E-state index in [9.17, 15) is 13.2 Å². The Bertz CT molecular complexity index is 960. The molecule has 2 aliphatic heterocycles. The Hall–Kier alpha value is -2.42. The molecule has 8 heteroatoms. The highest BCUT2D eigenvalue weighted by Crippen LogP contribution is 2.31. The summed E-state index contributed by atoms with van der Waals surface area (Å²) in [5, 5.41) is 0. The maximum Gasteiger partial charge on any atom is 0.251 e. The molecular weight excluding hydrogens is 368 g/mol. The molecule has 2 aliphatic rings. The average Bonchev–Trinajstić information content (AvgIpc) is 3.36. The van der Waals surface area contributed by atoms with Gasteiger partial charge < -0.3 is 14.1 Å². The molecule has 0 radical (unpaired) electrons. The second-order valence-corrected chi connectivity index (χ2v) is 8.33. The lowest BCUT2D eigenvalue weighted by Gasteiger charge is -2.26. The van der Waals surface area contributed by atoms with E-state index < -0.39 is 10.0 Å². The lowest BCUT2D eigenvalue weighted by atomic mass is 10.2. The third-order valence-electron chi connectivity index (χ3n) is 4.75. The van der Waals surface area contributed by atoms with Crippen LogP contribution >= 0.6 is 0 Å². The number of ether oxygens (including phenoxy) is 1. The minimum atomic E-state index is -3.54.